The Kier molecular flexibility index (Phi) is 10.2. The highest BCUT2D eigenvalue weighted by molar-refractivity contribution is 7.42. The summed E-state index contributed by atoms with van der Waals surface area (Å²) in [5.74, 6) is 0. The van der Waals surface area contributed by atoms with Gasteiger partial charge in [-0.25, -0.2) is 0 Å². The molecule has 2 fully saturated rings. The standard InChI is InChI=1S/C37H44O4S6/c1-3-36(20-40-21-36)18-38-12-8-6-5-7-10-24-14-28-32(42-24)34-30(44-28)16-26(46-34)27-17-31-35(47-27)33-29(45-31)15-25(43-33)11-9-13-39-19-37(4-2)22-41-23-37/h14-17H,3-13,18-23H2,1-2H3. The molecule has 8 rings (SSSR count). The highest BCUT2D eigenvalue weighted by Gasteiger charge is 2.37. The number of hydrogen-bond donors (Lipinski definition) is 0. The molecule has 10 heteroatoms. The minimum Gasteiger partial charge on any atom is -0.381 e. The topological polar surface area (TPSA) is 36.9 Å². The summed E-state index contributed by atoms with van der Waals surface area (Å²) in [7, 11) is 0. The quantitative estimate of drug-likeness (QED) is 0.0821. The maximum absolute atomic E-state index is 6.06. The van der Waals surface area contributed by atoms with Gasteiger partial charge in [0, 0.05) is 62.4 Å². The minimum atomic E-state index is 0.282. The Labute approximate surface area is 301 Å². The molecule has 0 saturated carbocycles. The fraction of sp³-hybridized carbons (Fsp3) is 0.568. The summed E-state index contributed by atoms with van der Waals surface area (Å²) >= 11 is 12.0. The van der Waals surface area contributed by atoms with Gasteiger partial charge in [0.15, 0.2) is 0 Å². The van der Waals surface area contributed by atoms with Crippen molar-refractivity contribution < 1.29 is 18.9 Å². The van der Waals surface area contributed by atoms with Crippen LogP contribution in [0.3, 0.4) is 0 Å². The first-order valence-corrected chi connectivity index (χ1v) is 22.2. The van der Waals surface area contributed by atoms with E-state index >= 15 is 0 Å². The maximum Gasteiger partial charge on any atom is 0.0636 e. The van der Waals surface area contributed by atoms with Crippen LogP contribution < -0.4 is 0 Å². The van der Waals surface area contributed by atoms with Gasteiger partial charge in [-0.1, -0.05) is 26.7 Å². The van der Waals surface area contributed by atoms with Gasteiger partial charge in [-0.3, -0.25) is 0 Å². The van der Waals surface area contributed by atoms with Crippen molar-refractivity contribution in [1.29, 1.82) is 0 Å². The molecule has 0 aromatic carbocycles. The SMILES string of the molecule is CCC1(COCCCCCCc2cc3sc4cc(-c5cc6sc7cc(CCCOCC8(CC)COC8)sc7c6s5)sc4c3s2)COC1. The average Bonchev–Trinajstić information content (AvgIpc) is 3.85. The summed E-state index contributed by atoms with van der Waals surface area (Å²) in [6, 6.07) is 9.79. The second kappa shape index (κ2) is 14.4. The molecule has 8 heterocycles. The number of thiophene rings is 6. The van der Waals surface area contributed by atoms with E-state index < -0.39 is 0 Å². The second-order valence-electron chi connectivity index (χ2n) is 13.7. The van der Waals surface area contributed by atoms with Gasteiger partial charge in [0.2, 0.25) is 0 Å². The predicted octanol–water partition coefficient (Wildman–Crippen LogP) is 12.3. The molecule has 0 unspecified atom stereocenters. The lowest BCUT2D eigenvalue weighted by atomic mass is 9.84. The third-order valence-electron chi connectivity index (χ3n) is 10.1. The summed E-state index contributed by atoms with van der Waals surface area (Å²) in [5, 5.41) is 0. The van der Waals surface area contributed by atoms with E-state index in [-0.39, 0.29) is 5.41 Å². The largest absolute Gasteiger partial charge is 0.381 e. The molecule has 0 radical (unpaired) electrons. The Morgan fingerprint density at radius 2 is 0.979 bits per heavy atom. The Balaban J connectivity index is 0.839. The molecule has 2 saturated heterocycles. The normalized spacial score (nSPS) is 17.4. The Morgan fingerprint density at radius 1 is 0.532 bits per heavy atom. The molecule has 2 aliphatic heterocycles. The fourth-order valence-electron chi connectivity index (χ4n) is 6.60. The van der Waals surface area contributed by atoms with Crippen molar-refractivity contribution >= 4 is 106 Å². The van der Waals surface area contributed by atoms with Gasteiger partial charge in [0.05, 0.1) is 58.4 Å². The maximum atomic E-state index is 6.06. The van der Waals surface area contributed by atoms with Gasteiger partial charge in [-0.05, 0) is 69.2 Å². The monoisotopic (exact) mass is 744 g/mol. The van der Waals surface area contributed by atoms with Crippen molar-refractivity contribution in [3.63, 3.8) is 0 Å². The molecule has 0 bridgehead atoms. The number of hydrogen-bond acceptors (Lipinski definition) is 10. The molecule has 0 aliphatic carbocycles. The average molecular weight is 745 g/mol. The third-order valence-corrected chi connectivity index (χ3v) is 18.0. The van der Waals surface area contributed by atoms with Gasteiger partial charge < -0.3 is 18.9 Å². The zero-order valence-electron chi connectivity index (χ0n) is 27.4. The van der Waals surface area contributed by atoms with Crippen LogP contribution in [0.2, 0.25) is 0 Å². The predicted molar refractivity (Wildman–Crippen MR) is 208 cm³/mol. The van der Waals surface area contributed by atoms with Crippen molar-refractivity contribution in [2.75, 3.05) is 52.9 Å². The number of ether oxygens (including phenoxy) is 4. The van der Waals surface area contributed by atoms with E-state index in [0.29, 0.717) is 5.41 Å². The molecule has 0 spiro atoms. The van der Waals surface area contributed by atoms with Gasteiger partial charge in [-0.15, -0.1) is 68.0 Å². The first-order valence-electron chi connectivity index (χ1n) is 17.3. The Morgan fingerprint density at radius 3 is 1.47 bits per heavy atom. The van der Waals surface area contributed by atoms with Gasteiger partial charge in [0.1, 0.15) is 0 Å². The molecule has 6 aromatic heterocycles. The highest BCUT2D eigenvalue weighted by atomic mass is 32.1. The molecule has 2 aliphatic rings. The molecular formula is C37H44O4S6. The van der Waals surface area contributed by atoms with E-state index in [0.717, 1.165) is 78.5 Å². The lowest BCUT2D eigenvalue weighted by molar-refractivity contribution is -0.150. The van der Waals surface area contributed by atoms with E-state index in [1.165, 1.54) is 84.3 Å². The summed E-state index contributed by atoms with van der Waals surface area (Å²) in [5.41, 5.74) is 0.591. The third kappa shape index (κ3) is 6.90. The van der Waals surface area contributed by atoms with Crippen molar-refractivity contribution in [3.05, 3.63) is 34.0 Å². The van der Waals surface area contributed by atoms with Gasteiger partial charge >= 0.3 is 0 Å². The van der Waals surface area contributed by atoms with Gasteiger partial charge in [-0.2, -0.15) is 0 Å². The van der Waals surface area contributed by atoms with Gasteiger partial charge in [0.25, 0.3) is 0 Å². The van der Waals surface area contributed by atoms with Crippen molar-refractivity contribution in [3.8, 4) is 9.75 Å². The zero-order chi connectivity index (χ0) is 31.8. The van der Waals surface area contributed by atoms with E-state index in [4.69, 9.17) is 18.9 Å². The van der Waals surface area contributed by atoms with Crippen molar-refractivity contribution in [2.45, 2.75) is 71.6 Å². The van der Waals surface area contributed by atoms with Crippen LogP contribution in [0.15, 0.2) is 24.3 Å². The molecule has 0 amide bonds. The molecule has 6 aromatic rings. The molecule has 0 N–H and O–H groups in total. The minimum absolute atomic E-state index is 0.282. The molecule has 4 nitrogen and oxygen atoms in total. The molecule has 0 atom stereocenters. The summed E-state index contributed by atoms with van der Waals surface area (Å²) in [6.07, 6.45) is 10.7. The van der Waals surface area contributed by atoms with Crippen LogP contribution in [0.1, 0.15) is 68.5 Å². The highest BCUT2D eigenvalue weighted by Crippen LogP contribution is 2.51. The van der Waals surface area contributed by atoms with Crippen LogP contribution in [0.4, 0.5) is 0 Å². The zero-order valence-corrected chi connectivity index (χ0v) is 32.3. The summed E-state index contributed by atoms with van der Waals surface area (Å²) in [4.78, 5) is 5.89. The lowest BCUT2D eigenvalue weighted by Gasteiger charge is -2.40. The van der Waals surface area contributed by atoms with Crippen LogP contribution in [-0.2, 0) is 31.8 Å². The first kappa shape index (κ1) is 33.2. The Hall–Kier alpha value is -0.920. The lowest BCUT2D eigenvalue weighted by Crippen LogP contribution is -2.45. The fourth-order valence-corrected chi connectivity index (χ4v) is 14.8. The smallest absolute Gasteiger partial charge is 0.0636 e. The van der Waals surface area contributed by atoms with Crippen LogP contribution in [-0.4, -0.2) is 52.9 Å². The van der Waals surface area contributed by atoms with E-state index in [1.807, 2.05) is 68.0 Å². The molecule has 47 heavy (non-hydrogen) atoms. The molecule has 252 valence electrons. The number of unbranched alkanes of at least 4 members (excludes halogenated alkanes) is 3. The van der Waals surface area contributed by atoms with E-state index in [9.17, 15) is 0 Å². The van der Waals surface area contributed by atoms with Crippen molar-refractivity contribution in [2.24, 2.45) is 10.8 Å². The number of fused-ring (bicyclic) bond motifs is 6. The van der Waals surface area contributed by atoms with E-state index in [1.54, 1.807) is 4.88 Å². The van der Waals surface area contributed by atoms with E-state index in [2.05, 4.69) is 38.1 Å². The van der Waals surface area contributed by atoms with Crippen LogP contribution >= 0.6 is 68.0 Å². The van der Waals surface area contributed by atoms with Crippen LogP contribution in [0.25, 0.3) is 47.4 Å². The van der Waals surface area contributed by atoms with Crippen molar-refractivity contribution in [1.82, 2.24) is 0 Å². The summed E-state index contributed by atoms with van der Waals surface area (Å²) in [6.45, 7) is 11.4. The molecular weight excluding hydrogens is 701 g/mol. The van der Waals surface area contributed by atoms with Crippen LogP contribution in [0, 0.1) is 10.8 Å². The first-order chi connectivity index (χ1) is 23.1. The van der Waals surface area contributed by atoms with Crippen LogP contribution in [0.5, 0.6) is 0 Å². The Bertz CT molecular complexity index is 1930. The number of rotatable bonds is 18. The number of aryl methyl sites for hydroxylation is 2. The second-order valence-corrected chi connectivity index (χ2v) is 20.2. The summed E-state index contributed by atoms with van der Waals surface area (Å²) < 4.78 is 34.7.